The van der Waals surface area contributed by atoms with Crippen molar-refractivity contribution in [2.24, 2.45) is 0 Å². The number of hydrogen-bond donors (Lipinski definition) is 3. The van der Waals surface area contributed by atoms with E-state index in [2.05, 4.69) is 15.6 Å². The van der Waals surface area contributed by atoms with E-state index in [4.69, 9.17) is 4.74 Å². The van der Waals surface area contributed by atoms with Gasteiger partial charge in [0.25, 0.3) is 0 Å². The number of aromatic nitrogens is 1. The van der Waals surface area contributed by atoms with Crippen LogP contribution in [0.2, 0.25) is 0 Å². The minimum Gasteiger partial charge on any atom is -0.497 e. The molecule has 0 spiro atoms. The number of carbonyl (C=O) groups is 1. The minimum absolute atomic E-state index is 0.209. The summed E-state index contributed by atoms with van der Waals surface area (Å²) in [7, 11) is 1.59. The maximum atomic E-state index is 12.3. The summed E-state index contributed by atoms with van der Waals surface area (Å²) in [6, 6.07) is 13.7. The molecule has 0 aliphatic carbocycles. The number of benzene rings is 2. The summed E-state index contributed by atoms with van der Waals surface area (Å²) in [6.45, 7) is -0.209. The predicted molar refractivity (Wildman–Crippen MR) is 96.7 cm³/mol. The number of nitrogens with one attached hydrogen (secondary N) is 2. The smallest absolute Gasteiger partial charge is 0.319 e. The number of fused-ring (bicyclic) bond motifs is 1. The Balaban J connectivity index is 1.73. The zero-order valence-electron chi connectivity index (χ0n) is 13.8. The fraction of sp³-hybridized carbons (Fsp3) is 0.158. The third-order valence-corrected chi connectivity index (χ3v) is 3.94. The van der Waals surface area contributed by atoms with E-state index in [1.54, 1.807) is 31.6 Å². The number of pyridine rings is 1. The highest BCUT2D eigenvalue weighted by atomic mass is 16.5. The summed E-state index contributed by atoms with van der Waals surface area (Å²) in [5, 5.41) is 17.1. The zero-order chi connectivity index (χ0) is 17.6. The SMILES string of the molecule is COc1ccc([C@H](CO)NC(=O)Nc2cccc3cnccc23)cc1. The molecule has 128 valence electrons. The lowest BCUT2D eigenvalue weighted by molar-refractivity contribution is 0.225. The lowest BCUT2D eigenvalue weighted by Gasteiger charge is -2.18. The van der Waals surface area contributed by atoms with Gasteiger partial charge in [0.15, 0.2) is 0 Å². The van der Waals surface area contributed by atoms with Crippen molar-refractivity contribution in [3.63, 3.8) is 0 Å². The van der Waals surface area contributed by atoms with Crippen molar-refractivity contribution in [3.8, 4) is 5.75 Å². The van der Waals surface area contributed by atoms with Gasteiger partial charge in [-0.25, -0.2) is 4.79 Å². The van der Waals surface area contributed by atoms with Crippen LogP contribution in [0.1, 0.15) is 11.6 Å². The van der Waals surface area contributed by atoms with E-state index < -0.39 is 6.04 Å². The molecular formula is C19H19N3O3. The Kier molecular flexibility index (Phi) is 5.11. The molecule has 1 aromatic heterocycles. The number of rotatable bonds is 5. The predicted octanol–water partition coefficient (Wildman–Crippen LogP) is 3.10. The first kappa shape index (κ1) is 16.7. The first-order chi connectivity index (χ1) is 12.2. The van der Waals surface area contributed by atoms with E-state index in [0.717, 1.165) is 16.3 Å². The van der Waals surface area contributed by atoms with Gasteiger partial charge in [-0.15, -0.1) is 0 Å². The summed E-state index contributed by atoms with van der Waals surface area (Å²) >= 11 is 0. The van der Waals surface area contributed by atoms with Gasteiger partial charge in [0, 0.05) is 23.2 Å². The number of ether oxygens (including phenoxy) is 1. The molecule has 25 heavy (non-hydrogen) atoms. The third-order valence-electron chi connectivity index (χ3n) is 3.94. The molecule has 0 saturated heterocycles. The molecule has 3 rings (SSSR count). The molecule has 0 bridgehead atoms. The Hall–Kier alpha value is -3.12. The monoisotopic (exact) mass is 337 g/mol. The summed E-state index contributed by atoms with van der Waals surface area (Å²) in [4.78, 5) is 16.4. The number of carbonyl (C=O) groups excluding carboxylic acids is 1. The van der Waals surface area contributed by atoms with E-state index in [0.29, 0.717) is 11.4 Å². The Morgan fingerprint density at radius 3 is 2.72 bits per heavy atom. The standard InChI is InChI=1S/C19H19N3O3/c1-25-15-7-5-13(6-8-15)18(12-23)22-19(24)21-17-4-2-3-14-11-20-10-9-16(14)17/h2-11,18,23H,12H2,1H3,(H2,21,22,24)/t18-/m0/s1. The minimum atomic E-state index is -0.512. The van der Waals surface area contributed by atoms with E-state index in [-0.39, 0.29) is 12.6 Å². The number of aliphatic hydroxyl groups excluding tert-OH is 1. The fourth-order valence-corrected chi connectivity index (χ4v) is 2.62. The van der Waals surface area contributed by atoms with Gasteiger partial charge >= 0.3 is 6.03 Å². The highest BCUT2D eigenvalue weighted by molar-refractivity contribution is 6.01. The van der Waals surface area contributed by atoms with Gasteiger partial charge in [0.1, 0.15) is 5.75 Å². The largest absolute Gasteiger partial charge is 0.497 e. The van der Waals surface area contributed by atoms with E-state index in [9.17, 15) is 9.90 Å². The van der Waals surface area contributed by atoms with Gasteiger partial charge in [0.2, 0.25) is 0 Å². The fourth-order valence-electron chi connectivity index (χ4n) is 2.62. The Labute approximate surface area is 145 Å². The van der Waals surface area contributed by atoms with Gasteiger partial charge in [0.05, 0.1) is 25.4 Å². The van der Waals surface area contributed by atoms with Gasteiger partial charge in [-0.05, 0) is 29.8 Å². The van der Waals surface area contributed by atoms with Gasteiger partial charge in [-0.1, -0.05) is 24.3 Å². The summed E-state index contributed by atoms with van der Waals surface area (Å²) in [5.41, 5.74) is 1.48. The lowest BCUT2D eigenvalue weighted by Crippen LogP contribution is -2.34. The number of aliphatic hydroxyl groups is 1. The first-order valence-corrected chi connectivity index (χ1v) is 7.86. The van der Waals surface area contributed by atoms with Crippen LogP contribution in [0.3, 0.4) is 0 Å². The molecule has 0 fully saturated rings. The van der Waals surface area contributed by atoms with Crippen molar-refractivity contribution in [3.05, 3.63) is 66.5 Å². The van der Waals surface area contributed by atoms with E-state index in [1.165, 1.54) is 0 Å². The van der Waals surface area contributed by atoms with Crippen molar-refractivity contribution in [2.75, 3.05) is 19.0 Å². The maximum Gasteiger partial charge on any atom is 0.319 e. The van der Waals surface area contributed by atoms with Crippen LogP contribution in [0, 0.1) is 0 Å². The van der Waals surface area contributed by atoms with Crippen LogP contribution in [0.15, 0.2) is 60.9 Å². The van der Waals surface area contributed by atoms with Crippen molar-refractivity contribution in [2.45, 2.75) is 6.04 Å². The quantitative estimate of drug-likeness (QED) is 0.668. The third kappa shape index (κ3) is 3.87. The molecule has 3 N–H and O–H groups in total. The molecule has 2 amide bonds. The van der Waals surface area contributed by atoms with Crippen molar-refractivity contribution >= 4 is 22.5 Å². The molecule has 3 aromatic rings. The number of nitrogens with zero attached hydrogens (tertiary/aromatic N) is 1. The number of urea groups is 1. The van der Waals surface area contributed by atoms with Crippen LogP contribution in [0.4, 0.5) is 10.5 Å². The molecule has 1 heterocycles. The van der Waals surface area contributed by atoms with Crippen LogP contribution >= 0.6 is 0 Å². The second-order valence-corrected chi connectivity index (χ2v) is 5.51. The molecular weight excluding hydrogens is 318 g/mol. The highest BCUT2D eigenvalue weighted by Crippen LogP contribution is 2.22. The normalized spacial score (nSPS) is 11.8. The summed E-state index contributed by atoms with van der Waals surface area (Å²) < 4.78 is 5.12. The maximum absolute atomic E-state index is 12.3. The van der Waals surface area contributed by atoms with E-state index in [1.807, 2.05) is 36.4 Å². The van der Waals surface area contributed by atoms with Crippen LogP contribution < -0.4 is 15.4 Å². The average molecular weight is 337 g/mol. The second-order valence-electron chi connectivity index (χ2n) is 5.51. The van der Waals surface area contributed by atoms with Gasteiger partial charge in [-0.2, -0.15) is 0 Å². The van der Waals surface area contributed by atoms with Crippen LogP contribution in [-0.4, -0.2) is 29.8 Å². The van der Waals surface area contributed by atoms with Crippen molar-refractivity contribution < 1.29 is 14.6 Å². The lowest BCUT2D eigenvalue weighted by atomic mass is 10.1. The highest BCUT2D eigenvalue weighted by Gasteiger charge is 2.14. The van der Waals surface area contributed by atoms with Crippen LogP contribution in [0.5, 0.6) is 5.75 Å². The Bertz CT molecular complexity index is 860. The number of anilines is 1. The second kappa shape index (κ2) is 7.63. The van der Waals surface area contributed by atoms with Gasteiger partial charge in [-0.3, -0.25) is 4.98 Å². The molecule has 0 unspecified atom stereocenters. The van der Waals surface area contributed by atoms with E-state index >= 15 is 0 Å². The molecule has 6 heteroatoms. The van der Waals surface area contributed by atoms with Crippen molar-refractivity contribution in [1.82, 2.24) is 10.3 Å². The molecule has 0 aliphatic rings. The van der Waals surface area contributed by atoms with Crippen LogP contribution in [-0.2, 0) is 0 Å². The Morgan fingerprint density at radius 2 is 2.00 bits per heavy atom. The molecule has 6 nitrogen and oxygen atoms in total. The molecule has 0 aliphatic heterocycles. The topological polar surface area (TPSA) is 83.5 Å². The van der Waals surface area contributed by atoms with Crippen LogP contribution in [0.25, 0.3) is 10.8 Å². The first-order valence-electron chi connectivity index (χ1n) is 7.86. The molecule has 1 atom stereocenters. The zero-order valence-corrected chi connectivity index (χ0v) is 13.8. The van der Waals surface area contributed by atoms with Crippen molar-refractivity contribution in [1.29, 1.82) is 0 Å². The molecule has 0 radical (unpaired) electrons. The number of methoxy groups -OCH3 is 1. The molecule has 0 saturated carbocycles. The average Bonchev–Trinajstić information content (AvgIpc) is 2.66. The number of amides is 2. The van der Waals surface area contributed by atoms with Gasteiger partial charge < -0.3 is 20.5 Å². The summed E-state index contributed by atoms with van der Waals surface area (Å²) in [5.74, 6) is 0.717. The Morgan fingerprint density at radius 1 is 1.20 bits per heavy atom. The number of hydrogen-bond acceptors (Lipinski definition) is 4. The summed E-state index contributed by atoms with van der Waals surface area (Å²) in [6.07, 6.45) is 3.42. The molecule has 2 aromatic carbocycles.